The summed E-state index contributed by atoms with van der Waals surface area (Å²) in [5, 5.41) is 10.2. The molecule has 0 aliphatic heterocycles. The highest BCUT2D eigenvalue weighted by atomic mass is 16.5. The molecule has 0 saturated heterocycles. The minimum Gasteiger partial charge on any atom is -0.507 e. The lowest BCUT2D eigenvalue weighted by atomic mass is 10.0. The molecule has 5 nitrogen and oxygen atoms in total. The van der Waals surface area contributed by atoms with E-state index in [-0.39, 0.29) is 17.7 Å². The summed E-state index contributed by atoms with van der Waals surface area (Å²) in [4.78, 5) is 15.6. The van der Waals surface area contributed by atoms with E-state index in [1.54, 1.807) is 32.2 Å². The lowest BCUT2D eigenvalue weighted by molar-refractivity contribution is -0.130. The third-order valence-electron chi connectivity index (χ3n) is 3.58. The highest BCUT2D eigenvalue weighted by Crippen LogP contribution is 2.31. The Morgan fingerprint density at radius 2 is 2.05 bits per heavy atom. The Labute approximate surface area is 127 Å². The standard InChI is InChI=1S/C16H26N2O3/c1-6-9-18(11-16(20)17(3)4)12(2)14-8-7-13(21-5)10-15(14)19/h7-8,10,12,19H,6,9,11H2,1-5H3. The van der Waals surface area contributed by atoms with E-state index in [0.717, 1.165) is 18.5 Å². The van der Waals surface area contributed by atoms with Crippen molar-refractivity contribution >= 4 is 5.91 Å². The first-order valence-electron chi connectivity index (χ1n) is 7.21. The van der Waals surface area contributed by atoms with Crippen LogP contribution in [0.25, 0.3) is 0 Å². The van der Waals surface area contributed by atoms with Crippen LogP contribution in [0.5, 0.6) is 11.5 Å². The molecule has 0 aliphatic rings. The molecule has 0 radical (unpaired) electrons. The van der Waals surface area contributed by atoms with Crippen LogP contribution in [-0.4, -0.2) is 55.1 Å². The van der Waals surface area contributed by atoms with Gasteiger partial charge in [-0.3, -0.25) is 9.69 Å². The van der Waals surface area contributed by atoms with Gasteiger partial charge in [0.15, 0.2) is 0 Å². The lowest BCUT2D eigenvalue weighted by Gasteiger charge is -2.30. The van der Waals surface area contributed by atoms with Crippen LogP contribution in [-0.2, 0) is 4.79 Å². The number of rotatable bonds is 7. The first-order chi connectivity index (χ1) is 9.90. The highest BCUT2D eigenvalue weighted by Gasteiger charge is 2.21. The van der Waals surface area contributed by atoms with Crippen LogP contribution < -0.4 is 4.74 Å². The van der Waals surface area contributed by atoms with Gasteiger partial charge in [0.1, 0.15) is 11.5 Å². The van der Waals surface area contributed by atoms with Gasteiger partial charge in [0.2, 0.25) is 5.91 Å². The fraction of sp³-hybridized carbons (Fsp3) is 0.562. The summed E-state index contributed by atoms with van der Waals surface area (Å²) in [5.74, 6) is 0.874. The minimum atomic E-state index is -0.0419. The number of carbonyl (C=O) groups is 1. The summed E-state index contributed by atoms with van der Waals surface area (Å²) < 4.78 is 5.10. The van der Waals surface area contributed by atoms with Gasteiger partial charge in [-0.05, 0) is 26.0 Å². The van der Waals surface area contributed by atoms with Gasteiger partial charge in [0, 0.05) is 31.8 Å². The molecule has 0 fully saturated rings. The summed E-state index contributed by atoms with van der Waals surface area (Å²) in [6.07, 6.45) is 0.946. The van der Waals surface area contributed by atoms with E-state index in [0.29, 0.717) is 12.3 Å². The minimum absolute atomic E-state index is 0.0419. The molecule has 5 heteroatoms. The fourth-order valence-corrected chi connectivity index (χ4v) is 2.21. The molecule has 0 aliphatic carbocycles. The van der Waals surface area contributed by atoms with E-state index >= 15 is 0 Å². The van der Waals surface area contributed by atoms with Crippen molar-refractivity contribution in [3.63, 3.8) is 0 Å². The van der Waals surface area contributed by atoms with Crippen molar-refractivity contribution < 1.29 is 14.6 Å². The van der Waals surface area contributed by atoms with Gasteiger partial charge in [-0.15, -0.1) is 0 Å². The van der Waals surface area contributed by atoms with Crippen molar-refractivity contribution in [1.82, 2.24) is 9.80 Å². The summed E-state index contributed by atoms with van der Waals surface area (Å²) >= 11 is 0. The van der Waals surface area contributed by atoms with Gasteiger partial charge in [-0.2, -0.15) is 0 Å². The zero-order valence-electron chi connectivity index (χ0n) is 13.6. The molecule has 0 spiro atoms. The summed E-state index contributed by atoms with van der Waals surface area (Å²) in [6, 6.07) is 5.23. The van der Waals surface area contributed by atoms with Gasteiger partial charge in [-0.25, -0.2) is 0 Å². The van der Waals surface area contributed by atoms with Crippen LogP contribution in [0.4, 0.5) is 0 Å². The van der Waals surface area contributed by atoms with Crippen LogP contribution in [0.1, 0.15) is 31.9 Å². The van der Waals surface area contributed by atoms with Crippen LogP contribution in [0.15, 0.2) is 18.2 Å². The number of aromatic hydroxyl groups is 1. The van der Waals surface area contributed by atoms with Gasteiger partial charge in [-0.1, -0.05) is 13.0 Å². The molecule has 1 atom stereocenters. The van der Waals surface area contributed by atoms with Crippen molar-refractivity contribution in [3.8, 4) is 11.5 Å². The Balaban J connectivity index is 2.94. The number of likely N-dealkylation sites (N-methyl/N-ethyl adjacent to an activating group) is 1. The lowest BCUT2D eigenvalue weighted by Crippen LogP contribution is -2.38. The average Bonchev–Trinajstić information content (AvgIpc) is 2.45. The Morgan fingerprint density at radius 1 is 1.38 bits per heavy atom. The molecule has 1 rings (SSSR count). The van der Waals surface area contributed by atoms with Crippen LogP contribution in [0.2, 0.25) is 0 Å². The molecule has 1 aromatic carbocycles. The molecular formula is C16H26N2O3. The second-order valence-electron chi connectivity index (χ2n) is 5.36. The van der Waals surface area contributed by atoms with Crippen molar-refractivity contribution in [2.45, 2.75) is 26.3 Å². The molecule has 1 unspecified atom stereocenters. The van der Waals surface area contributed by atoms with E-state index < -0.39 is 0 Å². The third kappa shape index (κ3) is 4.63. The predicted octanol–water partition coefficient (Wildman–Crippen LogP) is 2.26. The van der Waals surface area contributed by atoms with E-state index in [9.17, 15) is 9.90 Å². The smallest absolute Gasteiger partial charge is 0.236 e. The fourth-order valence-electron chi connectivity index (χ4n) is 2.21. The van der Waals surface area contributed by atoms with Crippen molar-refractivity contribution in [1.29, 1.82) is 0 Å². The quantitative estimate of drug-likeness (QED) is 0.838. The third-order valence-corrected chi connectivity index (χ3v) is 3.58. The van der Waals surface area contributed by atoms with Crippen LogP contribution in [0.3, 0.4) is 0 Å². The zero-order valence-corrected chi connectivity index (χ0v) is 13.6. The Bertz CT molecular complexity index is 475. The number of amides is 1. The number of hydrogen-bond donors (Lipinski definition) is 1. The Kier molecular flexibility index (Phi) is 6.49. The number of hydrogen-bond acceptors (Lipinski definition) is 4. The molecule has 1 N–H and O–H groups in total. The molecule has 1 aromatic rings. The molecule has 0 bridgehead atoms. The number of phenolic OH excluding ortho intramolecular Hbond substituents is 1. The molecule has 0 aromatic heterocycles. The van der Waals surface area contributed by atoms with E-state index in [4.69, 9.17) is 4.74 Å². The van der Waals surface area contributed by atoms with Gasteiger partial charge in [0.25, 0.3) is 0 Å². The molecule has 0 saturated carbocycles. The van der Waals surface area contributed by atoms with Crippen LogP contribution in [0, 0.1) is 0 Å². The van der Waals surface area contributed by atoms with E-state index in [2.05, 4.69) is 11.8 Å². The van der Waals surface area contributed by atoms with Gasteiger partial charge in [0.05, 0.1) is 13.7 Å². The van der Waals surface area contributed by atoms with E-state index in [1.165, 1.54) is 0 Å². The van der Waals surface area contributed by atoms with Gasteiger partial charge >= 0.3 is 0 Å². The first-order valence-corrected chi connectivity index (χ1v) is 7.21. The van der Waals surface area contributed by atoms with E-state index in [1.807, 2.05) is 19.1 Å². The largest absolute Gasteiger partial charge is 0.507 e. The van der Waals surface area contributed by atoms with Crippen molar-refractivity contribution in [2.75, 3.05) is 34.3 Å². The van der Waals surface area contributed by atoms with Gasteiger partial charge < -0.3 is 14.7 Å². The zero-order chi connectivity index (χ0) is 16.0. The molecule has 0 heterocycles. The topological polar surface area (TPSA) is 53.0 Å². The Hall–Kier alpha value is -1.75. The number of phenols is 1. The predicted molar refractivity (Wildman–Crippen MR) is 83.6 cm³/mol. The monoisotopic (exact) mass is 294 g/mol. The summed E-state index contributed by atoms with van der Waals surface area (Å²) in [5.41, 5.74) is 0.802. The second kappa shape index (κ2) is 7.88. The van der Waals surface area contributed by atoms with Crippen molar-refractivity contribution in [2.24, 2.45) is 0 Å². The maximum Gasteiger partial charge on any atom is 0.236 e. The normalized spacial score (nSPS) is 12.3. The number of methoxy groups -OCH3 is 1. The average molecular weight is 294 g/mol. The number of nitrogens with zero attached hydrogens (tertiary/aromatic N) is 2. The maximum absolute atomic E-state index is 12.0. The summed E-state index contributed by atoms with van der Waals surface area (Å²) in [7, 11) is 5.07. The van der Waals surface area contributed by atoms with Crippen LogP contribution >= 0.6 is 0 Å². The molecule has 118 valence electrons. The maximum atomic E-state index is 12.0. The number of carbonyl (C=O) groups excluding carboxylic acids is 1. The highest BCUT2D eigenvalue weighted by molar-refractivity contribution is 5.77. The number of ether oxygens (including phenoxy) is 1. The first kappa shape index (κ1) is 17.3. The molecule has 21 heavy (non-hydrogen) atoms. The number of benzene rings is 1. The summed E-state index contributed by atoms with van der Waals surface area (Å²) in [6.45, 7) is 5.22. The SMILES string of the molecule is CCCN(CC(=O)N(C)C)C(C)c1ccc(OC)cc1O. The second-order valence-corrected chi connectivity index (χ2v) is 5.36. The molecule has 1 amide bonds. The van der Waals surface area contributed by atoms with Crippen molar-refractivity contribution in [3.05, 3.63) is 23.8 Å². The Morgan fingerprint density at radius 3 is 2.52 bits per heavy atom. The molecular weight excluding hydrogens is 268 g/mol.